The number of nitrogens with one attached hydrogen (secondary N) is 1. The number of carbonyl (C=O) groups is 1. The summed E-state index contributed by atoms with van der Waals surface area (Å²) in [7, 11) is 1.80. The number of nitrogens with zero attached hydrogens (tertiary/aromatic N) is 2. The number of aromatic nitrogens is 1. The summed E-state index contributed by atoms with van der Waals surface area (Å²) < 4.78 is 0. The third kappa shape index (κ3) is 2.79. The van der Waals surface area contributed by atoms with E-state index in [4.69, 9.17) is 0 Å². The minimum absolute atomic E-state index is 0.100. The molecule has 1 saturated heterocycles. The van der Waals surface area contributed by atoms with E-state index < -0.39 is 0 Å². The van der Waals surface area contributed by atoms with Gasteiger partial charge in [-0.25, -0.2) is 4.98 Å². The first-order valence-electron chi connectivity index (χ1n) is 7.58. The summed E-state index contributed by atoms with van der Waals surface area (Å²) in [4.78, 5) is 18.8. The van der Waals surface area contributed by atoms with Crippen LogP contribution in [-0.4, -0.2) is 35.9 Å². The van der Waals surface area contributed by atoms with Gasteiger partial charge < -0.3 is 10.2 Å². The smallest absolute Gasteiger partial charge is 0.257 e. The van der Waals surface area contributed by atoms with Gasteiger partial charge >= 0.3 is 0 Å². The van der Waals surface area contributed by atoms with Gasteiger partial charge in [-0.3, -0.25) is 4.79 Å². The molecule has 1 N–H and O–H groups in total. The molecule has 110 valence electrons. The highest BCUT2D eigenvalue weighted by molar-refractivity contribution is 5.98. The van der Waals surface area contributed by atoms with E-state index in [1.165, 1.54) is 12.8 Å². The Bertz CT molecular complexity index is 459. The Labute approximate surface area is 121 Å². The molecule has 20 heavy (non-hydrogen) atoms. The molecule has 0 saturated carbocycles. The third-order valence-electron chi connectivity index (χ3n) is 4.89. The van der Waals surface area contributed by atoms with Crippen molar-refractivity contribution in [3.05, 3.63) is 23.9 Å². The predicted octanol–water partition coefficient (Wildman–Crippen LogP) is 3.17. The summed E-state index contributed by atoms with van der Waals surface area (Å²) in [6.45, 7) is 6.25. The topological polar surface area (TPSA) is 45.2 Å². The number of likely N-dealkylation sites (tertiary alicyclic amines) is 1. The molecule has 1 aromatic rings. The summed E-state index contributed by atoms with van der Waals surface area (Å²) in [5, 5.41) is 3.00. The van der Waals surface area contributed by atoms with Crippen molar-refractivity contribution in [2.75, 3.05) is 25.5 Å². The molecular weight excluding hydrogens is 250 g/mol. The van der Waals surface area contributed by atoms with E-state index in [-0.39, 0.29) is 5.91 Å². The molecule has 1 aromatic heterocycles. The molecule has 1 aliphatic heterocycles. The van der Waals surface area contributed by atoms with Crippen molar-refractivity contribution >= 4 is 11.7 Å². The quantitative estimate of drug-likeness (QED) is 0.918. The Kier molecular flexibility index (Phi) is 4.63. The number of hydrogen-bond acceptors (Lipinski definition) is 3. The molecule has 0 unspecified atom stereocenters. The number of pyridine rings is 1. The molecule has 0 bridgehead atoms. The van der Waals surface area contributed by atoms with E-state index >= 15 is 0 Å². The molecule has 2 heterocycles. The first-order valence-corrected chi connectivity index (χ1v) is 7.58. The number of amides is 1. The summed E-state index contributed by atoms with van der Waals surface area (Å²) in [5.74, 6) is 0.767. The van der Waals surface area contributed by atoms with Crippen LogP contribution in [0, 0.1) is 5.41 Å². The number of carbonyl (C=O) groups excluding carboxylic acids is 1. The normalized spacial score (nSPS) is 17.9. The maximum absolute atomic E-state index is 12.6. The van der Waals surface area contributed by atoms with Gasteiger partial charge in [0.1, 0.15) is 5.82 Å². The van der Waals surface area contributed by atoms with Crippen LogP contribution in [0.15, 0.2) is 18.3 Å². The second-order valence-electron chi connectivity index (χ2n) is 5.65. The number of anilines is 1. The first-order chi connectivity index (χ1) is 9.65. The van der Waals surface area contributed by atoms with Crippen molar-refractivity contribution in [2.45, 2.75) is 39.5 Å². The van der Waals surface area contributed by atoms with Gasteiger partial charge in [-0.1, -0.05) is 26.7 Å². The van der Waals surface area contributed by atoms with Crippen molar-refractivity contribution in [1.82, 2.24) is 9.88 Å². The van der Waals surface area contributed by atoms with Gasteiger partial charge in [0, 0.05) is 26.3 Å². The Morgan fingerprint density at radius 3 is 2.55 bits per heavy atom. The summed E-state index contributed by atoms with van der Waals surface area (Å²) in [6.07, 6.45) is 6.35. The lowest BCUT2D eigenvalue weighted by molar-refractivity contribution is 0.0558. The van der Waals surface area contributed by atoms with E-state index in [1.54, 1.807) is 13.2 Å². The number of rotatable bonds is 4. The molecule has 1 amide bonds. The van der Waals surface area contributed by atoms with Crippen molar-refractivity contribution in [1.29, 1.82) is 0 Å². The molecule has 4 heteroatoms. The molecule has 0 atom stereocenters. The van der Waals surface area contributed by atoms with Crippen LogP contribution in [0.25, 0.3) is 0 Å². The SMILES string of the molecule is CCC1(CC)CCN(C(=O)c2cccnc2NC)CC1. The largest absolute Gasteiger partial charge is 0.372 e. The minimum Gasteiger partial charge on any atom is -0.372 e. The minimum atomic E-state index is 0.100. The zero-order valence-corrected chi connectivity index (χ0v) is 12.8. The standard InChI is InChI=1S/C16H25N3O/c1-4-16(5-2)8-11-19(12-9-16)15(20)13-7-6-10-18-14(13)17-3/h6-7,10H,4-5,8-9,11-12H2,1-3H3,(H,17,18). The van der Waals surface area contributed by atoms with Crippen LogP contribution in [0.5, 0.6) is 0 Å². The predicted molar refractivity (Wildman–Crippen MR) is 81.9 cm³/mol. The summed E-state index contributed by atoms with van der Waals surface area (Å²) in [6, 6.07) is 3.67. The lowest BCUT2D eigenvalue weighted by atomic mass is 9.74. The Balaban J connectivity index is 2.09. The van der Waals surface area contributed by atoms with E-state index in [0.717, 1.165) is 25.9 Å². The molecule has 1 aliphatic rings. The van der Waals surface area contributed by atoms with E-state index in [9.17, 15) is 4.79 Å². The lowest BCUT2D eigenvalue weighted by Gasteiger charge is -2.41. The van der Waals surface area contributed by atoms with Gasteiger partial charge in [0.15, 0.2) is 0 Å². The average Bonchev–Trinajstić information content (AvgIpc) is 2.54. The van der Waals surface area contributed by atoms with Crippen molar-refractivity contribution in [3.63, 3.8) is 0 Å². The average molecular weight is 275 g/mol. The molecule has 4 nitrogen and oxygen atoms in total. The molecular formula is C16H25N3O. The molecule has 0 spiro atoms. The van der Waals surface area contributed by atoms with Crippen LogP contribution < -0.4 is 5.32 Å². The summed E-state index contributed by atoms with van der Waals surface area (Å²) in [5.41, 5.74) is 1.12. The fraction of sp³-hybridized carbons (Fsp3) is 0.625. The van der Waals surface area contributed by atoms with Crippen LogP contribution >= 0.6 is 0 Å². The lowest BCUT2D eigenvalue weighted by Crippen LogP contribution is -2.43. The van der Waals surface area contributed by atoms with Gasteiger partial charge in [-0.2, -0.15) is 0 Å². The highest BCUT2D eigenvalue weighted by Crippen LogP contribution is 2.38. The van der Waals surface area contributed by atoms with Gasteiger partial charge in [-0.15, -0.1) is 0 Å². The number of hydrogen-bond donors (Lipinski definition) is 1. The molecule has 2 rings (SSSR count). The van der Waals surface area contributed by atoms with Gasteiger partial charge in [0.25, 0.3) is 5.91 Å². The Hall–Kier alpha value is -1.58. The second kappa shape index (κ2) is 6.25. The maximum Gasteiger partial charge on any atom is 0.257 e. The van der Waals surface area contributed by atoms with Crippen LogP contribution in [-0.2, 0) is 0 Å². The van der Waals surface area contributed by atoms with Crippen molar-refractivity contribution < 1.29 is 4.79 Å². The Morgan fingerprint density at radius 1 is 1.35 bits per heavy atom. The van der Waals surface area contributed by atoms with E-state index in [0.29, 0.717) is 16.8 Å². The highest BCUT2D eigenvalue weighted by Gasteiger charge is 2.33. The monoisotopic (exact) mass is 275 g/mol. The van der Waals surface area contributed by atoms with Crippen LogP contribution in [0.3, 0.4) is 0 Å². The molecule has 0 aromatic carbocycles. The van der Waals surface area contributed by atoms with Crippen molar-refractivity contribution in [2.24, 2.45) is 5.41 Å². The molecule has 0 radical (unpaired) electrons. The maximum atomic E-state index is 12.6. The number of piperidine rings is 1. The zero-order chi connectivity index (χ0) is 14.6. The fourth-order valence-corrected chi connectivity index (χ4v) is 3.09. The fourth-order valence-electron chi connectivity index (χ4n) is 3.09. The van der Waals surface area contributed by atoms with Crippen molar-refractivity contribution in [3.8, 4) is 0 Å². The van der Waals surface area contributed by atoms with E-state index in [2.05, 4.69) is 24.1 Å². The first kappa shape index (κ1) is 14.8. The highest BCUT2D eigenvalue weighted by atomic mass is 16.2. The van der Waals surface area contributed by atoms with Gasteiger partial charge in [0.2, 0.25) is 0 Å². The van der Waals surface area contributed by atoms with Crippen LogP contribution in [0.2, 0.25) is 0 Å². The summed E-state index contributed by atoms with van der Waals surface area (Å²) >= 11 is 0. The van der Waals surface area contributed by atoms with Gasteiger partial charge in [-0.05, 0) is 30.4 Å². The molecule has 1 fully saturated rings. The van der Waals surface area contributed by atoms with Crippen LogP contribution in [0.4, 0.5) is 5.82 Å². The van der Waals surface area contributed by atoms with Crippen LogP contribution in [0.1, 0.15) is 49.9 Å². The second-order valence-corrected chi connectivity index (χ2v) is 5.65. The van der Waals surface area contributed by atoms with E-state index in [1.807, 2.05) is 17.0 Å². The molecule has 0 aliphatic carbocycles. The van der Waals surface area contributed by atoms with Gasteiger partial charge in [0.05, 0.1) is 5.56 Å². The third-order valence-corrected chi connectivity index (χ3v) is 4.89. The zero-order valence-electron chi connectivity index (χ0n) is 12.8. The Morgan fingerprint density at radius 2 is 2.00 bits per heavy atom.